The van der Waals surface area contributed by atoms with E-state index in [0.717, 1.165) is 0 Å². The average Bonchev–Trinajstić information content (AvgIpc) is 2.70. The number of aromatic nitrogens is 2. The van der Waals surface area contributed by atoms with Crippen LogP contribution in [0.2, 0.25) is 0 Å². The number of halogens is 1. The summed E-state index contributed by atoms with van der Waals surface area (Å²) in [5.41, 5.74) is 0. The lowest BCUT2D eigenvalue weighted by Crippen LogP contribution is -2.30. The van der Waals surface area contributed by atoms with Crippen molar-refractivity contribution in [3.05, 3.63) is 12.0 Å². The molecule has 0 atom stereocenters. The van der Waals surface area contributed by atoms with E-state index >= 15 is 0 Å². The first-order valence-corrected chi connectivity index (χ1v) is 7.85. The van der Waals surface area contributed by atoms with Gasteiger partial charge in [0, 0.05) is 36.9 Å². The van der Waals surface area contributed by atoms with Gasteiger partial charge in [-0.05, 0) is 6.92 Å². The number of hydrogen-bond acceptors (Lipinski definition) is 4. The van der Waals surface area contributed by atoms with Crippen LogP contribution in [0.3, 0.4) is 0 Å². The molecule has 0 bridgehead atoms. The fourth-order valence-corrected chi connectivity index (χ4v) is 2.10. The molecule has 0 unspecified atom stereocenters. The maximum Gasteiger partial charge on any atom is 0.280 e. The number of carbonyl (C=O) groups is 1. The summed E-state index contributed by atoms with van der Waals surface area (Å²) in [6.45, 7) is 4.35. The fourth-order valence-electron chi connectivity index (χ4n) is 1.41. The maximum atomic E-state index is 11.8. The van der Waals surface area contributed by atoms with Crippen molar-refractivity contribution in [3.8, 4) is 0 Å². The first-order valence-electron chi connectivity index (χ1n) is 5.54. The predicted molar refractivity (Wildman–Crippen MR) is 68.0 cm³/mol. The maximum absolute atomic E-state index is 11.8. The van der Waals surface area contributed by atoms with E-state index in [9.17, 15) is 13.2 Å². The van der Waals surface area contributed by atoms with Gasteiger partial charge in [0.05, 0.1) is 0 Å². The van der Waals surface area contributed by atoms with Crippen LogP contribution in [0, 0.1) is 0 Å². The lowest BCUT2D eigenvalue weighted by atomic mass is 10.4. The van der Waals surface area contributed by atoms with E-state index in [1.165, 1.54) is 10.8 Å². The summed E-state index contributed by atoms with van der Waals surface area (Å²) in [6.07, 6.45) is 1.82. The molecule has 1 amide bonds. The zero-order valence-electron chi connectivity index (χ0n) is 10.6. The molecule has 0 aliphatic heterocycles. The molecule has 0 aromatic carbocycles. The summed E-state index contributed by atoms with van der Waals surface area (Å²) in [5, 5.41) is -0.215. The molecule has 6 nitrogen and oxygen atoms in total. The van der Waals surface area contributed by atoms with Gasteiger partial charge in [-0.1, -0.05) is 6.92 Å². The molecule has 0 fully saturated rings. The normalized spacial score (nSPS) is 11.6. The highest BCUT2D eigenvalue weighted by Crippen LogP contribution is 2.15. The van der Waals surface area contributed by atoms with Crippen molar-refractivity contribution in [1.29, 1.82) is 0 Å². The summed E-state index contributed by atoms with van der Waals surface area (Å²) in [7, 11) is 3.05. The van der Waals surface area contributed by atoms with Crippen LogP contribution in [-0.4, -0.2) is 42.4 Å². The molecule has 0 radical (unpaired) electrons. The second-order valence-corrected chi connectivity index (χ2v) is 6.34. The molecule has 8 heteroatoms. The molecule has 0 N–H and O–H groups in total. The predicted octanol–water partition coefficient (Wildman–Crippen LogP) is 0.851. The van der Waals surface area contributed by atoms with Gasteiger partial charge in [-0.15, -0.1) is 0 Å². The lowest BCUT2D eigenvalue weighted by Gasteiger charge is -2.15. The van der Waals surface area contributed by atoms with Crippen LogP contribution in [0.1, 0.15) is 19.7 Å². The quantitative estimate of drug-likeness (QED) is 0.755. The molecule has 1 aromatic heterocycles. The summed E-state index contributed by atoms with van der Waals surface area (Å²) in [6, 6.07) is 0. The van der Waals surface area contributed by atoms with Crippen LogP contribution in [0.25, 0.3) is 0 Å². The van der Waals surface area contributed by atoms with Crippen LogP contribution in [0.4, 0.5) is 0 Å². The van der Waals surface area contributed by atoms with Gasteiger partial charge in [0.15, 0.2) is 5.03 Å². The van der Waals surface area contributed by atoms with Gasteiger partial charge < -0.3 is 9.47 Å². The number of likely N-dealkylation sites (N-methyl/N-ethyl adjacent to an activating group) is 1. The topological polar surface area (TPSA) is 72.3 Å². The number of carbonyl (C=O) groups excluding carboxylic acids is 1. The molecule has 1 heterocycles. The van der Waals surface area contributed by atoms with Crippen molar-refractivity contribution in [2.45, 2.75) is 31.8 Å². The van der Waals surface area contributed by atoms with Crippen LogP contribution < -0.4 is 0 Å². The van der Waals surface area contributed by atoms with E-state index in [2.05, 4.69) is 4.98 Å². The number of aryl methyl sites for hydroxylation is 1. The lowest BCUT2D eigenvalue weighted by molar-refractivity contribution is -0.130. The summed E-state index contributed by atoms with van der Waals surface area (Å²) < 4.78 is 23.9. The number of nitrogens with zero attached hydrogens (tertiary/aromatic N) is 3. The highest BCUT2D eigenvalue weighted by Gasteiger charge is 2.19. The Labute approximate surface area is 111 Å². The molecular formula is C10H16ClN3O3S. The van der Waals surface area contributed by atoms with E-state index < -0.39 is 9.05 Å². The Morgan fingerprint density at radius 2 is 2.11 bits per heavy atom. The number of hydrogen-bond donors (Lipinski definition) is 0. The zero-order chi connectivity index (χ0) is 13.9. The van der Waals surface area contributed by atoms with Gasteiger partial charge >= 0.3 is 0 Å². The van der Waals surface area contributed by atoms with E-state index in [1.54, 1.807) is 11.9 Å². The Morgan fingerprint density at radius 1 is 1.50 bits per heavy atom. The molecular weight excluding hydrogens is 278 g/mol. The van der Waals surface area contributed by atoms with Crippen molar-refractivity contribution < 1.29 is 13.2 Å². The van der Waals surface area contributed by atoms with Crippen LogP contribution in [0.5, 0.6) is 0 Å². The van der Waals surface area contributed by atoms with Crippen molar-refractivity contribution in [2.75, 3.05) is 13.6 Å². The van der Waals surface area contributed by atoms with E-state index in [1.807, 2.05) is 13.8 Å². The first kappa shape index (κ1) is 15.0. The Hall–Kier alpha value is -1.08. The van der Waals surface area contributed by atoms with Gasteiger partial charge in [0.2, 0.25) is 5.91 Å². The molecule has 18 heavy (non-hydrogen) atoms. The minimum absolute atomic E-state index is 0.0624. The highest BCUT2D eigenvalue weighted by molar-refractivity contribution is 8.13. The van der Waals surface area contributed by atoms with E-state index in [-0.39, 0.29) is 17.5 Å². The van der Waals surface area contributed by atoms with Gasteiger partial charge in [-0.3, -0.25) is 4.79 Å². The van der Waals surface area contributed by atoms with Crippen LogP contribution in [-0.2, 0) is 26.8 Å². The third-order valence-corrected chi connectivity index (χ3v) is 3.78. The largest absolute Gasteiger partial charge is 0.344 e. The molecule has 102 valence electrons. The monoisotopic (exact) mass is 293 g/mol. The molecule has 0 spiro atoms. The average molecular weight is 294 g/mol. The minimum Gasteiger partial charge on any atom is -0.344 e. The molecule has 0 aliphatic rings. The Balaban J connectivity index is 3.02. The zero-order valence-corrected chi connectivity index (χ0v) is 12.1. The summed E-state index contributed by atoms with van der Waals surface area (Å²) in [4.78, 5) is 17.2. The van der Waals surface area contributed by atoms with E-state index in [0.29, 0.717) is 18.8 Å². The second kappa shape index (κ2) is 5.71. The van der Waals surface area contributed by atoms with Crippen molar-refractivity contribution in [3.63, 3.8) is 0 Å². The van der Waals surface area contributed by atoms with Crippen LogP contribution >= 0.6 is 10.7 Å². The molecule has 0 aliphatic carbocycles. The van der Waals surface area contributed by atoms with Crippen molar-refractivity contribution >= 4 is 25.6 Å². The Bertz CT molecular complexity index is 539. The third kappa shape index (κ3) is 3.46. The molecule has 1 rings (SSSR count). The van der Waals surface area contributed by atoms with Gasteiger partial charge in [0.1, 0.15) is 12.4 Å². The second-order valence-electron chi connectivity index (χ2n) is 3.82. The number of rotatable bonds is 5. The van der Waals surface area contributed by atoms with Crippen molar-refractivity contribution in [1.82, 2.24) is 14.5 Å². The molecule has 0 saturated heterocycles. The summed E-state index contributed by atoms with van der Waals surface area (Å²) >= 11 is 0. The third-order valence-electron chi connectivity index (χ3n) is 2.61. The van der Waals surface area contributed by atoms with Crippen molar-refractivity contribution in [2.24, 2.45) is 0 Å². The Morgan fingerprint density at radius 3 is 2.56 bits per heavy atom. The molecule has 1 aromatic rings. The van der Waals surface area contributed by atoms with Crippen LogP contribution in [0.15, 0.2) is 11.2 Å². The Kier molecular flexibility index (Phi) is 4.75. The van der Waals surface area contributed by atoms with Gasteiger partial charge in [0.25, 0.3) is 9.05 Å². The number of amides is 1. The molecule has 0 saturated carbocycles. The minimum atomic E-state index is -3.86. The van der Waals surface area contributed by atoms with E-state index in [4.69, 9.17) is 10.7 Å². The van der Waals surface area contributed by atoms with Gasteiger partial charge in [-0.2, -0.15) is 0 Å². The summed E-state index contributed by atoms with van der Waals surface area (Å²) in [5.74, 6) is 0.412. The fraction of sp³-hybridized carbons (Fsp3) is 0.600. The standard InChI is InChI=1S/C10H16ClN3O3S/c1-4-8-12-9(18(11,16)17)6-14(8)7-10(15)13(3)5-2/h6H,4-5,7H2,1-3H3. The first-order chi connectivity index (χ1) is 8.29. The highest BCUT2D eigenvalue weighted by atomic mass is 35.7. The van der Waals surface area contributed by atoms with Gasteiger partial charge in [-0.25, -0.2) is 13.4 Å². The number of imidazole rings is 1. The SMILES string of the molecule is CCc1nc(S(=O)(=O)Cl)cn1CC(=O)N(C)CC. The smallest absolute Gasteiger partial charge is 0.280 e.